The molecule has 0 spiro atoms. The number of aromatic nitrogens is 4. The minimum atomic E-state index is -0.191. The number of H-pyrrole nitrogens is 1. The number of rotatable bonds is 4. The maximum absolute atomic E-state index is 12.7. The van der Waals surface area contributed by atoms with Gasteiger partial charge in [0.05, 0.1) is 12.0 Å². The lowest BCUT2D eigenvalue weighted by Crippen LogP contribution is -2.12. The molecule has 0 saturated heterocycles. The Balaban J connectivity index is 1.41. The third-order valence-electron chi connectivity index (χ3n) is 4.79. The fraction of sp³-hybridized carbons (Fsp3) is 0.0455. The van der Waals surface area contributed by atoms with Gasteiger partial charge in [0.15, 0.2) is 5.13 Å². The average Bonchev–Trinajstić information content (AvgIpc) is 3.47. The van der Waals surface area contributed by atoms with Crippen LogP contribution in [0.15, 0.2) is 72.6 Å². The molecule has 6 nitrogen and oxygen atoms in total. The number of anilines is 1. The molecule has 0 aliphatic heterocycles. The number of nitrogens with zero attached hydrogens (tertiary/aromatic N) is 3. The molecule has 2 aromatic carbocycles. The van der Waals surface area contributed by atoms with Crippen LogP contribution in [-0.4, -0.2) is 25.4 Å². The van der Waals surface area contributed by atoms with Gasteiger partial charge in [0.25, 0.3) is 5.91 Å². The van der Waals surface area contributed by atoms with Crippen molar-refractivity contribution in [3.63, 3.8) is 0 Å². The number of hydrogen-bond donors (Lipinski definition) is 2. The highest BCUT2D eigenvalue weighted by Gasteiger charge is 2.15. The number of thiazole rings is 1. The smallest absolute Gasteiger partial charge is 0.257 e. The summed E-state index contributed by atoms with van der Waals surface area (Å²) in [6.07, 6.45) is 5.25. The SMILES string of the molecule is Cc1[nH]c2ccccc2c1-c1csc(NC(=O)c2cccc(-n3ccnc3)c2)n1. The molecule has 29 heavy (non-hydrogen) atoms. The van der Waals surface area contributed by atoms with E-state index in [2.05, 4.69) is 26.3 Å². The van der Waals surface area contributed by atoms with Crippen molar-refractivity contribution in [1.82, 2.24) is 19.5 Å². The highest BCUT2D eigenvalue weighted by Crippen LogP contribution is 2.34. The zero-order valence-electron chi connectivity index (χ0n) is 15.6. The van der Waals surface area contributed by atoms with E-state index in [1.165, 1.54) is 11.3 Å². The van der Waals surface area contributed by atoms with Crippen molar-refractivity contribution in [2.75, 3.05) is 5.32 Å². The zero-order valence-corrected chi connectivity index (χ0v) is 16.4. The standard InChI is InChI=1S/C22H17N5OS/c1-14-20(17-7-2-3-8-18(17)24-14)19-12-29-22(25-19)26-21(28)15-5-4-6-16(11-15)27-10-9-23-13-27/h2-13,24H,1H3,(H,25,26,28). The van der Waals surface area contributed by atoms with Gasteiger partial charge in [0.2, 0.25) is 0 Å². The maximum atomic E-state index is 12.7. The molecule has 0 fully saturated rings. The van der Waals surface area contributed by atoms with Crippen LogP contribution in [-0.2, 0) is 0 Å². The summed E-state index contributed by atoms with van der Waals surface area (Å²) in [5.41, 5.74) is 5.50. The number of hydrogen-bond acceptors (Lipinski definition) is 4. The summed E-state index contributed by atoms with van der Waals surface area (Å²) in [6.45, 7) is 2.04. The molecule has 7 heteroatoms. The Labute approximate surface area is 170 Å². The molecule has 0 radical (unpaired) electrons. The molecule has 5 rings (SSSR count). The van der Waals surface area contributed by atoms with Gasteiger partial charge in [-0.1, -0.05) is 24.3 Å². The third-order valence-corrected chi connectivity index (χ3v) is 5.54. The first kappa shape index (κ1) is 17.4. The second kappa shape index (κ2) is 7.03. The summed E-state index contributed by atoms with van der Waals surface area (Å²) in [4.78, 5) is 24.8. The largest absolute Gasteiger partial charge is 0.358 e. The number of imidazole rings is 1. The molecule has 1 amide bonds. The summed E-state index contributed by atoms with van der Waals surface area (Å²) in [5.74, 6) is -0.191. The summed E-state index contributed by atoms with van der Waals surface area (Å²) in [7, 11) is 0. The first-order valence-electron chi connectivity index (χ1n) is 9.12. The maximum Gasteiger partial charge on any atom is 0.257 e. The molecule has 0 bridgehead atoms. The number of nitrogens with one attached hydrogen (secondary N) is 2. The monoisotopic (exact) mass is 399 g/mol. The lowest BCUT2D eigenvalue weighted by molar-refractivity contribution is 0.102. The van der Waals surface area contributed by atoms with Gasteiger partial charge in [-0.3, -0.25) is 10.1 Å². The predicted molar refractivity (Wildman–Crippen MR) is 116 cm³/mol. The summed E-state index contributed by atoms with van der Waals surface area (Å²) in [5, 5.41) is 6.58. The minimum absolute atomic E-state index is 0.191. The van der Waals surface area contributed by atoms with E-state index < -0.39 is 0 Å². The second-order valence-corrected chi connectivity index (χ2v) is 7.54. The van der Waals surface area contributed by atoms with E-state index in [1.807, 2.05) is 59.5 Å². The van der Waals surface area contributed by atoms with Crippen LogP contribution in [0, 0.1) is 6.92 Å². The molecule has 5 aromatic rings. The molecule has 0 atom stereocenters. The van der Waals surface area contributed by atoms with Crippen LogP contribution < -0.4 is 5.32 Å². The van der Waals surface area contributed by atoms with Crippen LogP contribution in [0.2, 0.25) is 0 Å². The molecule has 3 aromatic heterocycles. The molecule has 142 valence electrons. The molecule has 3 heterocycles. The lowest BCUT2D eigenvalue weighted by Gasteiger charge is -2.05. The number of aryl methyl sites for hydroxylation is 1. The quantitative estimate of drug-likeness (QED) is 0.445. The van der Waals surface area contributed by atoms with Gasteiger partial charge >= 0.3 is 0 Å². The predicted octanol–water partition coefficient (Wildman–Crippen LogP) is 5.04. The van der Waals surface area contributed by atoms with E-state index in [0.717, 1.165) is 33.5 Å². The van der Waals surface area contributed by atoms with Crippen molar-refractivity contribution in [3.05, 3.63) is 83.9 Å². The van der Waals surface area contributed by atoms with Crippen molar-refractivity contribution >= 4 is 33.3 Å². The zero-order chi connectivity index (χ0) is 19.8. The van der Waals surface area contributed by atoms with Crippen LogP contribution in [0.4, 0.5) is 5.13 Å². The molecule has 0 saturated carbocycles. The van der Waals surface area contributed by atoms with Crippen molar-refractivity contribution in [2.45, 2.75) is 6.92 Å². The molecule has 0 unspecified atom stereocenters. The van der Waals surface area contributed by atoms with Gasteiger partial charge in [0.1, 0.15) is 0 Å². The van der Waals surface area contributed by atoms with Gasteiger partial charge in [-0.05, 0) is 31.2 Å². The van der Waals surface area contributed by atoms with Gasteiger partial charge in [-0.15, -0.1) is 11.3 Å². The number of benzene rings is 2. The topological polar surface area (TPSA) is 75.6 Å². The fourth-order valence-electron chi connectivity index (χ4n) is 3.44. The highest BCUT2D eigenvalue weighted by atomic mass is 32.1. The average molecular weight is 399 g/mol. The Morgan fingerprint density at radius 1 is 1.17 bits per heavy atom. The van der Waals surface area contributed by atoms with Crippen molar-refractivity contribution in [3.8, 4) is 16.9 Å². The van der Waals surface area contributed by atoms with Gasteiger partial charge < -0.3 is 9.55 Å². The number of amides is 1. The Bertz CT molecular complexity index is 1320. The molecular weight excluding hydrogens is 382 g/mol. The Morgan fingerprint density at radius 2 is 2.07 bits per heavy atom. The van der Waals surface area contributed by atoms with Gasteiger partial charge in [-0.25, -0.2) is 9.97 Å². The van der Waals surface area contributed by atoms with Crippen LogP contribution in [0.3, 0.4) is 0 Å². The fourth-order valence-corrected chi connectivity index (χ4v) is 4.14. The van der Waals surface area contributed by atoms with Crippen molar-refractivity contribution in [1.29, 1.82) is 0 Å². The summed E-state index contributed by atoms with van der Waals surface area (Å²) >= 11 is 1.42. The third kappa shape index (κ3) is 3.21. The number of aromatic amines is 1. The Hall–Kier alpha value is -3.71. The van der Waals surface area contributed by atoms with Crippen molar-refractivity contribution < 1.29 is 4.79 Å². The number of carbonyl (C=O) groups excluding carboxylic acids is 1. The Morgan fingerprint density at radius 3 is 2.93 bits per heavy atom. The lowest BCUT2D eigenvalue weighted by atomic mass is 10.1. The van der Waals surface area contributed by atoms with E-state index in [0.29, 0.717) is 10.7 Å². The van der Waals surface area contributed by atoms with E-state index >= 15 is 0 Å². The summed E-state index contributed by atoms with van der Waals surface area (Å²) in [6, 6.07) is 15.5. The normalized spacial score (nSPS) is 11.1. The molecule has 0 aliphatic rings. The molecular formula is C22H17N5OS. The first-order chi connectivity index (χ1) is 14.2. The van der Waals surface area contributed by atoms with Crippen LogP contribution in [0.25, 0.3) is 27.8 Å². The minimum Gasteiger partial charge on any atom is -0.358 e. The van der Waals surface area contributed by atoms with E-state index in [9.17, 15) is 4.79 Å². The van der Waals surface area contributed by atoms with Crippen LogP contribution in [0.5, 0.6) is 0 Å². The van der Waals surface area contributed by atoms with E-state index in [4.69, 9.17) is 0 Å². The van der Waals surface area contributed by atoms with Crippen LogP contribution in [0.1, 0.15) is 16.1 Å². The highest BCUT2D eigenvalue weighted by molar-refractivity contribution is 7.14. The van der Waals surface area contributed by atoms with Crippen LogP contribution >= 0.6 is 11.3 Å². The second-order valence-electron chi connectivity index (χ2n) is 6.68. The number of carbonyl (C=O) groups is 1. The van der Waals surface area contributed by atoms with Crippen molar-refractivity contribution in [2.24, 2.45) is 0 Å². The number of fused-ring (bicyclic) bond motifs is 1. The van der Waals surface area contributed by atoms with Gasteiger partial charge in [-0.2, -0.15) is 0 Å². The van der Waals surface area contributed by atoms with Gasteiger partial charge in [0, 0.05) is 51.2 Å². The summed E-state index contributed by atoms with van der Waals surface area (Å²) < 4.78 is 1.86. The first-order valence-corrected chi connectivity index (χ1v) is 10.00. The Kier molecular flexibility index (Phi) is 4.22. The molecule has 2 N–H and O–H groups in total. The molecule has 0 aliphatic carbocycles. The van der Waals surface area contributed by atoms with E-state index in [1.54, 1.807) is 18.6 Å². The van der Waals surface area contributed by atoms with E-state index in [-0.39, 0.29) is 5.91 Å². The number of para-hydroxylation sites is 1.